The van der Waals surface area contributed by atoms with Crippen LogP contribution >= 0.6 is 0 Å². The van der Waals surface area contributed by atoms with E-state index in [1.165, 1.54) is 11.9 Å². The number of benzene rings is 1. The van der Waals surface area contributed by atoms with E-state index in [-0.39, 0.29) is 31.0 Å². The highest BCUT2D eigenvalue weighted by atomic mass is 16.6. The Bertz CT molecular complexity index is 572. The zero-order chi connectivity index (χ0) is 18.1. The smallest absolute Gasteiger partial charge is 0.409 e. The van der Waals surface area contributed by atoms with E-state index in [2.05, 4.69) is 10.6 Å². The van der Waals surface area contributed by atoms with E-state index >= 15 is 0 Å². The molecule has 0 unspecified atom stereocenters. The van der Waals surface area contributed by atoms with Gasteiger partial charge in [-0.25, -0.2) is 4.79 Å². The molecule has 1 aromatic carbocycles. The third-order valence-corrected chi connectivity index (χ3v) is 3.35. The second-order valence-corrected chi connectivity index (χ2v) is 5.37. The number of rotatable bonds is 7. The molecule has 0 aromatic heterocycles. The van der Waals surface area contributed by atoms with Gasteiger partial charge in [-0.15, -0.1) is 0 Å². The lowest BCUT2D eigenvalue weighted by Crippen LogP contribution is -2.39. The Morgan fingerprint density at radius 2 is 1.75 bits per heavy atom. The van der Waals surface area contributed by atoms with E-state index in [9.17, 15) is 14.4 Å². The molecule has 24 heavy (non-hydrogen) atoms. The van der Waals surface area contributed by atoms with Crippen molar-refractivity contribution in [1.82, 2.24) is 10.2 Å². The minimum atomic E-state index is -0.531. The molecule has 0 heterocycles. The summed E-state index contributed by atoms with van der Waals surface area (Å²) in [6, 6.07) is 7.03. The maximum atomic E-state index is 12.0. The lowest BCUT2D eigenvalue weighted by atomic mass is 10.1. The molecule has 3 amide bonds. The fourth-order valence-electron chi connectivity index (χ4n) is 1.99. The van der Waals surface area contributed by atoms with Crippen molar-refractivity contribution in [2.24, 2.45) is 0 Å². The second-order valence-electron chi connectivity index (χ2n) is 5.37. The Morgan fingerprint density at radius 1 is 1.12 bits per heavy atom. The van der Waals surface area contributed by atoms with Crippen molar-refractivity contribution in [2.45, 2.75) is 33.2 Å². The highest BCUT2D eigenvalue weighted by Gasteiger charge is 2.15. The van der Waals surface area contributed by atoms with E-state index in [0.717, 1.165) is 5.56 Å². The van der Waals surface area contributed by atoms with Crippen molar-refractivity contribution in [3.05, 3.63) is 29.8 Å². The topological polar surface area (TPSA) is 87.7 Å². The Kier molecular flexibility index (Phi) is 7.74. The predicted octanol–water partition coefficient (Wildman–Crippen LogP) is 2.30. The summed E-state index contributed by atoms with van der Waals surface area (Å²) in [4.78, 5) is 36.0. The van der Waals surface area contributed by atoms with Gasteiger partial charge in [-0.3, -0.25) is 9.59 Å². The van der Waals surface area contributed by atoms with Crippen LogP contribution < -0.4 is 10.6 Å². The Hall–Kier alpha value is -2.57. The van der Waals surface area contributed by atoms with E-state index in [0.29, 0.717) is 12.1 Å². The first kappa shape index (κ1) is 19.5. The third-order valence-electron chi connectivity index (χ3n) is 3.35. The Labute approximate surface area is 142 Å². The molecule has 7 heteroatoms. The first-order chi connectivity index (χ1) is 11.4. The molecule has 0 radical (unpaired) electrons. The van der Waals surface area contributed by atoms with Gasteiger partial charge in [0.15, 0.2) is 0 Å². The molecule has 0 saturated carbocycles. The van der Waals surface area contributed by atoms with Crippen LogP contribution in [-0.2, 0) is 14.3 Å². The van der Waals surface area contributed by atoms with Crippen molar-refractivity contribution in [3.8, 4) is 0 Å². The van der Waals surface area contributed by atoms with Gasteiger partial charge in [-0.2, -0.15) is 0 Å². The number of hydrogen-bond acceptors (Lipinski definition) is 4. The molecule has 132 valence electrons. The molecular weight excluding hydrogens is 310 g/mol. The first-order valence-corrected chi connectivity index (χ1v) is 7.94. The minimum absolute atomic E-state index is 0.0499. The zero-order valence-corrected chi connectivity index (χ0v) is 14.6. The van der Waals surface area contributed by atoms with Gasteiger partial charge in [0, 0.05) is 19.2 Å². The zero-order valence-electron chi connectivity index (χ0n) is 14.6. The van der Waals surface area contributed by atoms with Gasteiger partial charge in [0.2, 0.25) is 11.8 Å². The lowest BCUT2D eigenvalue weighted by Gasteiger charge is -2.19. The number of hydrogen-bond donors (Lipinski definition) is 2. The average Bonchev–Trinajstić information content (AvgIpc) is 2.55. The lowest BCUT2D eigenvalue weighted by molar-refractivity contribution is -0.122. The van der Waals surface area contributed by atoms with Crippen molar-refractivity contribution in [2.75, 3.05) is 25.5 Å². The molecule has 0 aliphatic rings. The number of carbonyl (C=O) groups excluding carboxylic acids is 3. The highest BCUT2D eigenvalue weighted by Crippen LogP contribution is 2.16. The van der Waals surface area contributed by atoms with Gasteiger partial charge in [-0.1, -0.05) is 19.1 Å². The Balaban J connectivity index is 2.54. The van der Waals surface area contributed by atoms with Crippen LogP contribution in [0.5, 0.6) is 0 Å². The molecule has 1 rings (SSSR count). The van der Waals surface area contributed by atoms with Crippen LogP contribution in [-0.4, -0.2) is 43.0 Å². The fraction of sp³-hybridized carbons (Fsp3) is 0.471. The summed E-state index contributed by atoms with van der Waals surface area (Å²) in [6.07, 6.45) is -0.112. The highest BCUT2D eigenvalue weighted by molar-refractivity contribution is 5.90. The molecule has 0 saturated heterocycles. The van der Waals surface area contributed by atoms with Crippen LogP contribution in [0.4, 0.5) is 10.5 Å². The predicted molar refractivity (Wildman–Crippen MR) is 91.6 cm³/mol. The largest absolute Gasteiger partial charge is 0.450 e. The van der Waals surface area contributed by atoms with Gasteiger partial charge >= 0.3 is 6.09 Å². The molecule has 0 aliphatic carbocycles. The summed E-state index contributed by atoms with van der Waals surface area (Å²) < 4.78 is 4.82. The molecule has 1 aromatic rings. The number of likely N-dealkylation sites (N-methyl/N-ethyl adjacent to an activating group) is 1. The summed E-state index contributed by atoms with van der Waals surface area (Å²) in [5.74, 6) is -0.326. The summed E-state index contributed by atoms with van der Waals surface area (Å²) in [7, 11) is 1.51. The number of nitrogens with one attached hydrogen (secondary N) is 2. The summed E-state index contributed by atoms with van der Waals surface area (Å²) >= 11 is 0. The van der Waals surface area contributed by atoms with Crippen LogP contribution in [0.2, 0.25) is 0 Å². The summed E-state index contributed by atoms with van der Waals surface area (Å²) in [5.41, 5.74) is 1.61. The Morgan fingerprint density at radius 3 is 2.29 bits per heavy atom. The molecule has 0 aliphatic heterocycles. The second kappa shape index (κ2) is 9.54. The molecule has 2 N–H and O–H groups in total. The maximum absolute atomic E-state index is 12.0. The number of amides is 3. The van der Waals surface area contributed by atoms with Crippen molar-refractivity contribution >= 4 is 23.6 Å². The number of nitrogens with zero attached hydrogens (tertiary/aromatic N) is 1. The standard InChI is InChI=1S/C17H25N3O4/c1-5-15(21)19-14-9-7-13(8-10-14)12(3)18-16(22)11-20(4)17(23)24-6-2/h7-10,12H,5-6,11H2,1-4H3,(H,18,22)(H,19,21)/t12-/m0/s1. The van der Waals surface area contributed by atoms with Crippen molar-refractivity contribution in [1.29, 1.82) is 0 Å². The van der Waals surface area contributed by atoms with E-state index in [4.69, 9.17) is 4.74 Å². The summed E-state index contributed by atoms with van der Waals surface area (Å²) in [6.45, 7) is 5.53. The van der Waals surface area contributed by atoms with Gasteiger partial charge in [0.05, 0.1) is 12.6 Å². The molecular formula is C17H25N3O4. The summed E-state index contributed by atoms with van der Waals surface area (Å²) in [5, 5.41) is 5.58. The van der Waals surface area contributed by atoms with Gasteiger partial charge in [0.25, 0.3) is 0 Å². The van der Waals surface area contributed by atoms with Gasteiger partial charge < -0.3 is 20.3 Å². The van der Waals surface area contributed by atoms with Crippen LogP contribution in [0, 0.1) is 0 Å². The molecule has 0 spiro atoms. The van der Waals surface area contributed by atoms with Gasteiger partial charge in [-0.05, 0) is 31.5 Å². The van der Waals surface area contributed by atoms with E-state index in [1.54, 1.807) is 26.0 Å². The SMILES string of the molecule is CCOC(=O)N(C)CC(=O)N[C@@H](C)c1ccc(NC(=O)CC)cc1. The van der Waals surface area contributed by atoms with Crippen LogP contribution in [0.25, 0.3) is 0 Å². The van der Waals surface area contributed by atoms with Crippen LogP contribution in [0.1, 0.15) is 38.8 Å². The van der Waals surface area contributed by atoms with E-state index < -0.39 is 6.09 Å². The van der Waals surface area contributed by atoms with Crippen molar-refractivity contribution in [3.63, 3.8) is 0 Å². The monoisotopic (exact) mass is 335 g/mol. The normalized spacial score (nSPS) is 11.3. The van der Waals surface area contributed by atoms with Crippen LogP contribution in [0.15, 0.2) is 24.3 Å². The number of carbonyl (C=O) groups is 3. The maximum Gasteiger partial charge on any atom is 0.409 e. The molecule has 0 fully saturated rings. The third kappa shape index (κ3) is 6.28. The van der Waals surface area contributed by atoms with Gasteiger partial charge in [0.1, 0.15) is 6.54 Å². The fourth-order valence-corrected chi connectivity index (χ4v) is 1.99. The average molecular weight is 335 g/mol. The van der Waals surface area contributed by atoms with Crippen molar-refractivity contribution < 1.29 is 19.1 Å². The van der Waals surface area contributed by atoms with Crippen LogP contribution in [0.3, 0.4) is 0 Å². The first-order valence-electron chi connectivity index (χ1n) is 7.94. The number of anilines is 1. The molecule has 1 atom stereocenters. The molecule has 0 bridgehead atoms. The van der Waals surface area contributed by atoms with E-state index in [1.807, 2.05) is 19.1 Å². The number of ether oxygens (including phenoxy) is 1. The quantitative estimate of drug-likeness (QED) is 0.800. The molecule has 7 nitrogen and oxygen atoms in total. The minimum Gasteiger partial charge on any atom is -0.450 e.